The van der Waals surface area contributed by atoms with Gasteiger partial charge in [-0.25, -0.2) is 0 Å². The van der Waals surface area contributed by atoms with Crippen molar-refractivity contribution >= 4 is 11.3 Å². The van der Waals surface area contributed by atoms with Crippen LogP contribution in [0.15, 0.2) is 24.3 Å². The van der Waals surface area contributed by atoms with Gasteiger partial charge in [0.05, 0.1) is 11.6 Å². The van der Waals surface area contributed by atoms with Crippen LogP contribution in [0.4, 0.5) is 13.2 Å². The molecule has 7 heteroatoms. The molecule has 0 aliphatic heterocycles. The summed E-state index contributed by atoms with van der Waals surface area (Å²) in [5.41, 5.74) is -0.237. The highest BCUT2D eigenvalue weighted by molar-refractivity contribution is 7.14. The quantitative estimate of drug-likeness (QED) is 0.931. The van der Waals surface area contributed by atoms with Gasteiger partial charge in [0.2, 0.25) is 0 Å². The van der Waals surface area contributed by atoms with E-state index in [1.54, 1.807) is 6.07 Å². The van der Waals surface area contributed by atoms with Crippen LogP contribution in [-0.4, -0.2) is 16.7 Å². The zero-order valence-electron chi connectivity index (χ0n) is 11.0. The Morgan fingerprint density at radius 3 is 2.70 bits per heavy atom. The van der Waals surface area contributed by atoms with Gasteiger partial charge < -0.3 is 5.32 Å². The lowest BCUT2D eigenvalue weighted by Crippen LogP contribution is -2.17. The number of benzene rings is 1. The molecular weight excluding hydrogens is 287 g/mol. The smallest absolute Gasteiger partial charge is 0.308 e. The number of aromatic nitrogens is 2. The summed E-state index contributed by atoms with van der Waals surface area (Å²) in [5, 5.41) is 12.5. The lowest BCUT2D eigenvalue weighted by atomic mass is 10.1. The van der Waals surface area contributed by atoms with Crippen LogP contribution < -0.4 is 5.32 Å². The van der Waals surface area contributed by atoms with Crippen molar-refractivity contribution in [3.05, 3.63) is 34.8 Å². The third-order valence-electron chi connectivity index (χ3n) is 2.76. The second-order valence-electron chi connectivity index (χ2n) is 4.30. The SMILES string of the molecule is CCNC(C)c1nnc(-c2cccc(C(F)(F)F)c2)s1. The topological polar surface area (TPSA) is 37.8 Å². The highest BCUT2D eigenvalue weighted by atomic mass is 32.1. The maximum atomic E-state index is 12.7. The molecule has 1 aromatic heterocycles. The van der Waals surface area contributed by atoms with Crippen molar-refractivity contribution in [1.29, 1.82) is 0 Å². The summed E-state index contributed by atoms with van der Waals surface area (Å²) in [4.78, 5) is 0. The minimum Gasteiger partial charge on any atom is -0.308 e. The second-order valence-corrected chi connectivity index (χ2v) is 5.31. The summed E-state index contributed by atoms with van der Waals surface area (Å²) in [6.45, 7) is 4.71. The van der Waals surface area contributed by atoms with Gasteiger partial charge in [0.25, 0.3) is 0 Å². The molecule has 2 rings (SSSR count). The molecule has 0 amide bonds. The Bertz CT molecular complexity index is 580. The fourth-order valence-corrected chi connectivity index (χ4v) is 2.61. The molecule has 1 N–H and O–H groups in total. The average molecular weight is 301 g/mol. The van der Waals surface area contributed by atoms with Crippen molar-refractivity contribution in [1.82, 2.24) is 15.5 Å². The van der Waals surface area contributed by atoms with Crippen LogP contribution in [0.25, 0.3) is 10.6 Å². The molecule has 0 bridgehead atoms. The maximum Gasteiger partial charge on any atom is 0.416 e. The van der Waals surface area contributed by atoms with Gasteiger partial charge in [-0.1, -0.05) is 30.4 Å². The molecule has 1 atom stereocenters. The minimum atomic E-state index is -4.35. The lowest BCUT2D eigenvalue weighted by molar-refractivity contribution is -0.137. The number of hydrogen-bond donors (Lipinski definition) is 1. The number of alkyl halides is 3. The summed E-state index contributed by atoms with van der Waals surface area (Å²) in [6, 6.07) is 5.18. The number of rotatable bonds is 4. The summed E-state index contributed by atoms with van der Waals surface area (Å²) in [5.74, 6) is 0. The molecule has 0 saturated carbocycles. The predicted molar refractivity (Wildman–Crippen MR) is 72.4 cm³/mol. The summed E-state index contributed by atoms with van der Waals surface area (Å²) >= 11 is 1.30. The van der Waals surface area contributed by atoms with Gasteiger partial charge in [0, 0.05) is 5.56 Å². The van der Waals surface area contributed by atoms with E-state index in [9.17, 15) is 13.2 Å². The van der Waals surface area contributed by atoms with Gasteiger partial charge in [-0.05, 0) is 25.6 Å². The first-order valence-electron chi connectivity index (χ1n) is 6.16. The zero-order chi connectivity index (χ0) is 14.8. The fourth-order valence-electron chi connectivity index (χ4n) is 1.75. The van der Waals surface area contributed by atoms with E-state index < -0.39 is 11.7 Å². The maximum absolute atomic E-state index is 12.7. The Hall–Kier alpha value is -1.47. The highest BCUT2D eigenvalue weighted by Crippen LogP contribution is 2.33. The van der Waals surface area contributed by atoms with Crippen LogP contribution in [-0.2, 0) is 6.18 Å². The van der Waals surface area contributed by atoms with E-state index >= 15 is 0 Å². The van der Waals surface area contributed by atoms with Crippen molar-refractivity contribution in [3.8, 4) is 10.6 Å². The first-order chi connectivity index (χ1) is 9.41. The van der Waals surface area contributed by atoms with E-state index in [1.165, 1.54) is 17.4 Å². The molecule has 0 radical (unpaired) electrons. The van der Waals surface area contributed by atoms with Crippen LogP contribution in [0, 0.1) is 0 Å². The number of nitrogens with zero attached hydrogens (tertiary/aromatic N) is 2. The fraction of sp³-hybridized carbons (Fsp3) is 0.385. The van der Waals surface area contributed by atoms with Gasteiger partial charge in [0.1, 0.15) is 10.0 Å². The molecule has 20 heavy (non-hydrogen) atoms. The molecule has 0 aliphatic carbocycles. The summed E-state index contributed by atoms with van der Waals surface area (Å²) < 4.78 is 38.0. The van der Waals surface area contributed by atoms with Crippen LogP contribution in [0.2, 0.25) is 0 Å². The Balaban J connectivity index is 2.28. The van der Waals surface area contributed by atoms with E-state index in [0.29, 0.717) is 10.6 Å². The summed E-state index contributed by atoms with van der Waals surface area (Å²) in [6.07, 6.45) is -4.35. The van der Waals surface area contributed by atoms with Crippen LogP contribution in [0.1, 0.15) is 30.5 Å². The molecule has 0 fully saturated rings. The van der Waals surface area contributed by atoms with Crippen molar-refractivity contribution in [2.75, 3.05) is 6.54 Å². The molecule has 0 aliphatic rings. The number of hydrogen-bond acceptors (Lipinski definition) is 4. The lowest BCUT2D eigenvalue weighted by Gasteiger charge is -2.07. The van der Waals surface area contributed by atoms with Gasteiger partial charge in [-0.3, -0.25) is 0 Å². The Labute approximate surface area is 118 Å². The normalized spacial score (nSPS) is 13.4. The first-order valence-corrected chi connectivity index (χ1v) is 6.98. The predicted octanol–water partition coefficient (Wildman–Crippen LogP) is 3.89. The molecule has 0 spiro atoms. The third kappa shape index (κ3) is 3.34. The van der Waals surface area contributed by atoms with E-state index in [1.807, 2.05) is 13.8 Å². The van der Waals surface area contributed by atoms with E-state index in [-0.39, 0.29) is 6.04 Å². The molecule has 1 unspecified atom stereocenters. The van der Waals surface area contributed by atoms with Crippen molar-refractivity contribution in [2.45, 2.75) is 26.1 Å². The number of nitrogens with one attached hydrogen (secondary N) is 1. The van der Waals surface area contributed by atoms with E-state index in [0.717, 1.165) is 23.7 Å². The van der Waals surface area contributed by atoms with Gasteiger partial charge in [-0.2, -0.15) is 13.2 Å². The molecule has 0 saturated heterocycles. The van der Waals surface area contributed by atoms with Crippen LogP contribution in [0.3, 0.4) is 0 Å². The molecular formula is C13H14F3N3S. The van der Waals surface area contributed by atoms with Crippen LogP contribution in [0.5, 0.6) is 0 Å². The van der Waals surface area contributed by atoms with Gasteiger partial charge >= 0.3 is 6.18 Å². The summed E-state index contributed by atoms with van der Waals surface area (Å²) in [7, 11) is 0. The molecule has 108 valence electrons. The Morgan fingerprint density at radius 1 is 1.30 bits per heavy atom. The molecule has 1 heterocycles. The van der Waals surface area contributed by atoms with Crippen molar-refractivity contribution in [2.24, 2.45) is 0 Å². The largest absolute Gasteiger partial charge is 0.416 e. The second kappa shape index (κ2) is 5.88. The minimum absolute atomic E-state index is 0.0389. The zero-order valence-corrected chi connectivity index (χ0v) is 11.8. The van der Waals surface area contributed by atoms with Crippen LogP contribution >= 0.6 is 11.3 Å². The Kier molecular flexibility index (Phi) is 4.39. The number of halogens is 3. The van der Waals surface area contributed by atoms with Crippen molar-refractivity contribution in [3.63, 3.8) is 0 Å². The average Bonchev–Trinajstić information content (AvgIpc) is 2.88. The monoisotopic (exact) mass is 301 g/mol. The van der Waals surface area contributed by atoms with E-state index in [2.05, 4.69) is 15.5 Å². The van der Waals surface area contributed by atoms with Gasteiger partial charge in [-0.15, -0.1) is 10.2 Å². The molecule has 3 nitrogen and oxygen atoms in total. The van der Waals surface area contributed by atoms with Crippen molar-refractivity contribution < 1.29 is 13.2 Å². The molecule has 1 aromatic carbocycles. The van der Waals surface area contributed by atoms with E-state index in [4.69, 9.17) is 0 Å². The third-order valence-corrected chi connectivity index (χ3v) is 3.91. The Morgan fingerprint density at radius 2 is 2.05 bits per heavy atom. The highest BCUT2D eigenvalue weighted by Gasteiger charge is 2.30. The standard InChI is InChI=1S/C13H14F3N3S/c1-3-17-8(2)11-18-19-12(20-11)9-5-4-6-10(7-9)13(14,15)16/h4-8,17H,3H2,1-2H3. The molecule has 2 aromatic rings. The first kappa shape index (κ1) is 14.9. The van der Waals surface area contributed by atoms with Gasteiger partial charge in [0.15, 0.2) is 0 Å².